The van der Waals surface area contributed by atoms with E-state index in [0.717, 1.165) is 18.2 Å². The molecule has 2 saturated carbocycles. The Kier molecular flexibility index (Phi) is 2.08. The van der Waals surface area contributed by atoms with Gasteiger partial charge in [0, 0.05) is 6.54 Å². The van der Waals surface area contributed by atoms with Gasteiger partial charge in [-0.3, -0.25) is 0 Å². The highest BCUT2D eigenvalue weighted by molar-refractivity contribution is 5.30. The molecule has 2 aliphatic rings. The van der Waals surface area contributed by atoms with E-state index in [0.29, 0.717) is 12.0 Å². The third kappa shape index (κ3) is 1.18. The van der Waals surface area contributed by atoms with E-state index in [4.69, 9.17) is 5.73 Å². The lowest BCUT2D eigenvalue weighted by molar-refractivity contribution is 0.228. The standard InChI is InChI=1S/C11H19N5/c1-8-3-2-4-10(5-8)6-11(10,7-12)9-13-15-16-14-9/h8H,2-7,12H2,1H3,(H,13,14,15,16). The number of nitrogens with two attached hydrogens (primary N) is 1. The first-order valence-corrected chi connectivity index (χ1v) is 6.16. The third-order valence-electron chi connectivity index (χ3n) is 4.74. The van der Waals surface area contributed by atoms with Crippen LogP contribution in [0, 0.1) is 11.3 Å². The van der Waals surface area contributed by atoms with Gasteiger partial charge in [0.05, 0.1) is 5.41 Å². The van der Waals surface area contributed by atoms with Crippen LogP contribution in [0.3, 0.4) is 0 Å². The molecule has 3 unspecified atom stereocenters. The largest absolute Gasteiger partial charge is 0.329 e. The Bertz CT molecular complexity index is 376. The Hall–Kier alpha value is -0.970. The summed E-state index contributed by atoms with van der Waals surface area (Å²) in [5.41, 5.74) is 6.39. The maximum absolute atomic E-state index is 5.99. The van der Waals surface area contributed by atoms with Crippen molar-refractivity contribution in [1.29, 1.82) is 0 Å². The van der Waals surface area contributed by atoms with Crippen molar-refractivity contribution in [2.24, 2.45) is 17.1 Å². The minimum atomic E-state index is 0.0225. The van der Waals surface area contributed by atoms with Crippen molar-refractivity contribution in [2.45, 2.75) is 44.4 Å². The number of nitrogens with one attached hydrogen (secondary N) is 1. The number of tetrazole rings is 1. The molecular weight excluding hydrogens is 202 g/mol. The molecule has 1 spiro atoms. The van der Waals surface area contributed by atoms with E-state index in [1.54, 1.807) is 0 Å². The van der Waals surface area contributed by atoms with E-state index in [9.17, 15) is 0 Å². The molecule has 1 aromatic heterocycles. The van der Waals surface area contributed by atoms with Gasteiger partial charge in [0.2, 0.25) is 0 Å². The third-order valence-corrected chi connectivity index (χ3v) is 4.74. The molecule has 2 aliphatic carbocycles. The van der Waals surface area contributed by atoms with Gasteiger partial charge in [-0.05, 0) is 30.6 Å². The average Bonchev–Trinajstić information content (AvgIpc) is 2.68. The van der Waals surface area contributed by atoms with Gasteiger partial charge in [-0.2, -0.15) is 5.21 Å². The van der Waals surface area contributed by atoms with Crippen molar-refractivity contribution in [3.8, 4) is 0 Å². The van der Waals surface area contributed by atoms with Crippen LogP contribution in [-0.4, -0.2) is 27.2 Å². The number of rotatable bonds is 2. The lowest BCUT2D eigenvalue weighted by Crippen LogP contribution is -2.31. The molecule has 0 saturated heterocycles. The second-order valence-corrected chi connectivity index (χ2v) is 5.68. The summed E-state index contributed by atoms with van der Waals surface area (Å²) in [6.07, 6.45) is 6.39. The number of aromatic amines is 1. The van der Waals surface area contributed by atoms with Crippen molar-refractivity contribution in [1.82, 2.24) is 20.6 Å². The van der Waals surface area contributed by atoms with Crippen LogP contribution < -0.4 is 5.73 Å². The van der Waals surface area contributed by atoms with E-state index in [2.05, 4.69) is 27.5 Å². The van der Waals surface area contributed by atoms with E-state index in [1.807, 2.05) is 0 Å². The molecule has 5 nitrogen and oxygen atoms in total. The smallest absolute Gasteiger partial charge is 0.182 e. The van der Waals surface area contributed by atoms with Crippen LogP contribution in [0.2, 0.25) is 0 Å². The first-order chi connectivity index (χ1) is 7.72. The van der Waals surface area contributed by atoms with Gasteiger partial charge < -0.3 is 5.73 Å². The first-order valence-electron chi connectivity index (χ1n) is 6.16. The van der Waals surface area contributed by atoms with Crippen molar-refractivity contribution in [3.05, 3.63) is 5.82 Å². The van der Waals surface area contributed by atoms with Gasteiger partial charge >= 0.3 is 0 Å². The van der Waals surface area contributed by atoms with Gasteiger partial charge in [0.25, 0.3) is 0 Å². The molecule has 3 atom stereocenters. The summed E-state index contributed by atoms with van der Waals surface area (Å²) in [4.78, 5) is 0. The number of hydrogen-bond donors (Lipinski definition) is 2. The Labute approximate surface area is 95.2 Å². The van der Waals surface area contributed by atoms with Crippen molar-refractivity contribution in [3.63, 3.8) is 0 Å². The Balaban J connectivity index is 1.90. The number of H-pyrrole nitrogens is 1. The van der Waals surface area contributed by atoms with Crippen molar-refractivity contribution in [2.75, 3.05) is 6.54 Å². The first kappa shape index (κ1) is 10.2. The second kappa shape index (κ2) is 3.26. The summed E-state index contributed by atoms with van der Waals surface area (Å²) >= 11 is 0. The quantitative estimate of drug-likeness (QED) is 0.780. The fourth-order valence-electron chi connectivity index (χ4n) is 3.85. The van der Waals surface area contributed by atoms with E-state index < -0.39 is 0 Å². The van der Waals surface area contributed by atoms with Crippen LogP contribution >= 0.6 is 0 Å². The molecule has 0 aromatic carbocycles. The maximum atomic E-state index is 5.99. The molecule has 1 heterocycles. The number of aromatic nitrogens is 4. The fraction of sp³-hybridized carbons (Fsp3) is 0.909. The summed E-state index contributed by atoms with van der Waals surface area (Å²) < 4.78 is 0. The summed E-state index contributed by atoms with van der Waals surface area (Å²) in [6.45, 7) is 3.00. The molecular formula is C11H19N5. The van der Waals surface area contributed by atoms with Gasteiger partial charge in [0.15, 0.2) is 5.82 Å². The predicted molar refractivity (Wildman–Crippen MR) is 59.6 cm³/mol. The Morgan fingerprint density at radius 1 is 1.56 bits per heavy atom. The van der Waals surface area contributed by atoms with Gasteiger partial charge in [-0.1, -0.05) is 25.0 Å². The molecule has 16 heavy (non-hydrogen) atoms. The fourth-order valence-corrected chi connectivity index (χ4v) is 3.85. The maximum Gasteiger partial charge on any atom is 0.182 e. The van der Waals surface area contributed by atoms with Gasteiger partial charge in [-0.25, -0.2) is 0 Å². The zero-order valence-corrected chi connectivity index (χ0v) is 9.74. The minimum absolute atomic E-state index is 0.0225. The van der Waals surface area contributed by atoms with Crippen LogP contribution in [0.5, 0.6) is 0 Å². The van der Waals surface area contributed by atoms with Crippen LogP contribution in [0.4, 0.5) is 0 Å². The van der Waals surface area contributed by atoms with Crippen LogP contribution in [-0.2, 0) is 5.41 Å². The monoisotopic (exact) mass is 221 g/mol. The van der Waals surface area contributed by atoms with E-state index >= 15 is 0 Å². The molecule has 88 valence electrons. The highest BCUT2D eigenvalue weighted by Crippen LogP contribution is 2.70. The lowest BCUT2D eigenvalue weighted by Gasteiger charge is -2.30. The molecule has 0 amide bonds. The molecule has 0 aliphatic heterocycles. The number of hydrogen-bond acceptors (Lipinski definition) is 4. The number of nitrogens with zero attached hydrogens (tertiary/aromatic N) is 3. The van der Waals surface area contributed by atoms with Crippen molar-refractivity contribution < 1.29 is 0 Å². The lowest BCUT2D eigenvalue weighted by atomic mass is 9.75. The highest BCUT2D eigenvalue weighted by atomic mass is 15.5. The summed E-state index contributed by atoms with van der Waals surface area (Å²) in [6, 6.07) is 0. The molecule has 0 bridgehead atoms. The highest BCUT2D eigenvalue weighted by Gasteiger charge is 2.69. The molecule has 3 rings (SSSR count). The van der Waals surface area contributed by atoms with Crippen LogP contribution in [0.25, 0.3) is 0 Å². The summed E-state index contributed by atoms with van der Waals surface area (Å²) in [5.74, 6) is 1.65. The average molecular weight is 221 g/mol. The molecule has 2 fully saturated rings. The summed E-state index contributed by atoms with van der Waals surface area (Å²) in [5, 5.41) is 14.6. The second-order valence-electron chi connectivity index (χ2n) is 5.68. The summed E-state index contributed by atoms with van der Waals surface area (Å²) in [7, 11) is 0. The van der Waals surface area contributed by atoms with Crippen LogP contribution in [0.15, 0.2) is 0 Å². The SMILES string of the molecule is CC1CCCC2(C1)CC2(CN)c1nn[nH]n1. The van der Waals surface area contributed by atoms with Crippen LogP contribution in [0.1, 0.15) is 44.9 Å². The zero-order valence-electron chi connectivity index (χ0n) is 9.74. The Morgan fingerprint density at radius 2 is 2.44 bits per heavy atom. The molecule has 3 N–H and O–H groups in total. The Morgan fingerprint density at radius 3 is 3.06 bits per heavy atom. The van der Waals surface area contributed by atoms with Crippen molar-refractivity contribution >= 4 is 0 Å². The van der Waals surface area contributed by atoms with Gasteiger partial charge in [0.1, 0.15) is 0 Å². The molecule has 0 radical (unpaired) electrons. The molecule has 5 heteroatoms. The topological polar surface area (TPSA) is 80.5 Å². The zero-order chi connectivity index (χ0) is 11.2. The predicted octanol–water partition coefficient (Wildman–Crippen LogP) is 0.996. The molecule has 1 aromatic rings. The normalized spacial score (nSPS) is 42.5. The van der Waals surface area contributed by atoms with E-state index in [-0.39, 0.29) is 5.41 Å². The minimum Gasteiger partial charge on any atom is -0.329 e. The van der Waals surface area contributed by atoms with Gasteiger partial charge in [-0.15, -0.1) is 10.2 Å². The van der Waals surface area contributed by atoms with E-state index in [1.165, 1.54) is 25.7 Å².